The second-order valence-electron chi connectivity index (χ2n) is 7.06. The van der Waals surface area contributed by atoms with Crippen LogP contribution in [0.4, 0.5) is 15.8 Å². The molecule has 1 saturated heterocycles. The number of piperazine rings is 1. The molecule has 2 aromatic carbocycles. The topological polar surface area (TPSA) is 36.8 Å². The van der Waals surface area contributed by atoms with Gasteiger partial charge in [-0.25, -0.2) is 4.39 Å². The minimum Gasteiger partial charge on any atom is -0.360 e. The molecule has 1 atom stereocenters. The number of anilines is 2. The van der Waals surface area contributed by atoms with Crippen LogP contribution in [-0.4, -0.2) is 38.1 Å². The number of hydrogen-bond donors (Lipinski definition) is 2. The first-order valence-corrected chi connectivity index (χ1v) is 9.18. The number of para-hydroxylation sites is 1. The van der Waals surface area contributed by atoms with E-state index in [1.54, 1.807) is 18.2 Å². The van der Waals surface area contributed by atoms with Crippen molar-refractivity contribution in [2.45, 2.75) is 26.8 Å². The number of quaternary nitrogens is 1. The Balaban J connectivity index is 1.59. The largest absolute Gasteiger partial charge is 0.360 e. The number of rotatable bonds is 4. The number of halogens is 1. The van der Waals surface area contributed by atoms with Crippen molar-refractivity contribution in [3.63, 3.8) is 0 Å². The van der Waals surface area contributed by atoms with Crippen molar-refractivity contribution in [3.05, 3.63) is 59.4 Å². The maximum atomic E-state index is 13.7. The molecule has 1 aliphatic heterocycles. The molecule has 3 rings (SSSR count). The van der Waals surface area contributed by atoms with Crippen LogP contribution in [0.15, 0.2) is 42.5 Å². The molecule has 4 nitrogen and oxygen atoms in total. The van der Waals surface area contributed by atoms with Crippen LogP contribution in [0.3, 0.4) is 0 Å². The van der Waals surface area contributed by atoms with E-state index in [0.29, 0.717) is 0 Å². The van der Waals surface area contributed by atoms with Gasteiger partial charge in [0.05, 0.1) is 31.9 Å². The van der Waals surface area contributed by atoms with Gasteiger partial charge in [-0.15, -0.1) is 0 Å². The van der Waals surface area contributed by atoms with Crippen molar-refractivity contribution < 1.29 is 14.1 Å². The first-order chi connectivity index (χ1) is 12.5. The number of amides is 1. The summed E-state index contributed by atoms with van der Waals surface area (Å²) >= 11 is 0. The molecule has 0 spiro atoms. The van der Waals surface area contributed by atoms with Crippen LogP contribution in [0.2, 0.25) is 0 Å². The Morgan fingerprint density at radius 1 is 1.12 bits per heavy atom. The molecular formula is C21H27FN3O+. The first-order valence-electron chi connectivity index (χ1n) is 9.18. The van der Waals surface area contributed by atoms with Gasteiger partial charge in [0.15, 0.2) is 6.04 Å². The Morgan fingerprint density at radius 3 is 2.50 bits per heavy atom. The van der Waals surface area contributed by atoms with E-state index in [-0.39, 0.29) is 17.6 Å². The maximum absolute atomic E-state index is 13.7. The molecule has 0 bridgehead atoms. The van der Waals surface area contributed by atoms with Gasteiger partial charge >= 0.3 is 0 Å². The summed E-state index contributed by atoms with van der Waals surface area (Å²) in [4.78, 5) is 16.1. The van der Waals surface area contributed by atoms with E-state index in [1.165, 1.54) is 27.8 Å². The fourth-order valence-electron chi connectivity index (χ4n) is 3.53. The SMILES string of the molecule is Cc1cccc(N2CC[NH+]([C@H](C)C(=O)Nc3ccccc3F)CC2)c1C. The van der Waals surface area contributed by atoms with Crippen molar-refractivity contribution in [1.82, 2.24) is 0 Å². The fourth-order valence-corrected chi connectivity index (χ4v) is 3.53. The zero-order chi connectivity index (χ0) is 18.7. The molecule has 0 aliphatic carbocycles. The highest BCUT2D eigenvalue weighted by Gasteiger charge is 2.30. The van der Waals surface area contributed by atoms with E-state index in [4.69, 9.17) is 0 Å². The molecule has 1 amide bonds. The lowest BCUT2D eigenvalue weighted by Gasteiger charge is -2.36. The first kappa shape index (κ1) is 18.4. The number of hydrogen-bond acceptors (Lipinski definition) is 2. The minimum absolute atomic E-state index is 0.134. The molecule has 2 aromatic rings. The molecular weight excluding hydrogens is 329 g/mol. The van der Waals surface area contributed by atoms with Crippen molar-refractivity contribution in [1.29, 1.82) is 0 Å². The van der Waals surface area contributed by atoms with Crippen molar-refractivity contribution in [2.24, 2.45) is 0 Å². The van der Waals surface area contributed by atoms with Crippen LogP contribution in [-0.2, 0) is 4.79 Å². The molecule has 26 heavy (non-hydrogen) atoms. The summed E-state index contributed by atoms with van der Waals surface area (Å²) in [7, 11) is 0. The summed E-state index contributed by atoms with van der Waals surface area (Å²) in [6.07, 6.45) is 0. The average molecular weight is 356 g/mol. The highest BCUT2D eigenvalue weighted by atomic mass is 19.1. The van der Waals surface area contributed by atoms with Crippen LogP contribution in [0.1, 0.15) is 18.1 Å². The van der Waals surface area contributed by atoms with E-state index in [0.717, 1.165) is 26.2 Å². The summed E-state index contributed by atoms with van der Waals surface area (Å²) in [5, 5.41) is 2.72. The zero-order valence-corrected chi connectivity index (χ0v) is 15.7. The molecule has 0 unspecified atom stereocenters. The van der Waals surface area contributed by atoms with Crippen molar-refractivity contribution in [3.8, 4) is 0 Å². The predicted octanol–water partition coefficient (Wildman–Crippen LogP) is 2.17. The van der Waals surface area contributed by atoms with Crippen LogP contribution in [0.5, 0.6) is 0 Å². The molecule has 1 fully saturated rings. The van der Waals surface area contributed by atoms with Crippen LogP contribution in [0, 0.1) is 19.7 Å². The number of carbonyl (C=O) groups excluding carboxylic acids is 1. The van der Waals surface area contributed by atoms with E-state index in [9.17, 15) is 9.18 Å². The normalized spacial score (nSPS) is 16.4. The monoisotopic (exact) mass is 356 g/mol. The Morgan fingerprint density at radius 2 is 1.81 bits per heavy atom. The molecule has 2 N–H and O–H groups in total. The summed E-state index contributed by atoms with van der Waals surface area (Å²) in [6.45, 7) is 9.81. The maximum Gasteiger partial charge on any atom is 0.282 e. The summed E-state index contributed by atoms with van der Waals surface area (Å²) < 4.78 is 13.7. The molecule has 5 heteroatoms. The van der Waals surface area contributed by atoms with Gasteiger partial charge in [-0.2, -0.15) is 0 Å². The van der Waals surface area contributed by atoms with Gasteiger partial charge < -0.3 is 15.1 Å². The number of nitrogens with zero attached hydrogens (tertiary/aromatic N) is 1. The lowest BCUT2D eigenvalue weighted by molar-refractivity contribution is -0.914. The number of carbonyl (C=O) groups is 1. The van der Waals surface area contributed by atoms with E-state index >= 15 is 0 Å². The molecule has 0 aromatic heterocycles. The number of benzene rings is 2. The minimum atomic E-state index is -0.400. The van der Waals surface area contributed by atoms with Gasteiger partial charge in [-0.1, -0.05) is 24.3 Å². The van der Waals surface area contributed by atoms with Crippen LogP contribution in [0.25, 0.3) is 0 Å². The molecule has 1 aliphatic rings. The van der Waals surface area contributed by atoms with Crippen molar-refractivity contribution >= 4 is 17.3 Å². The van der Waals surface area contributed by atoms with Gasteiger partial charge in [0.25, 0.3) is 5.91 Å². The summed E-state index contributed by atoms with van der Waals surface area (Å²) in [5.41, 5.74) is 4.15. The summed E-state index contributed by atoms with van der Waals surface area (Å²) in [6, 6.07) is 12.5. The Labute approximate surface area is 154 Å². The second kappa shape index (κ2) is 7.87. The smallest absolute Gasteiger partial charge is 0.282 e. The zero-order valence-electron chi connectivity index (χ0n) is 15.7. The third kappa shape index (κ3) is 3.88. The van der Waals surface area contributed by atoms with Crippen molar-refractivity contribution in [2.75, 3.05) is 36.4 Å². The lowest BCUT2D eigenvalue weighted by Crippen LogP contribution is -3.19. The molecule has 1 heterocycles. The van der Waals surface area contributed by atoms with Crippen LogP contribution >= 0.6 is 0 Å². The molecule has 0 radical (unpaired) electrons. The standard InChI is InChI=1S/C21H26FN3O/c1-15-7-6-10-20(16(15)2)25-13-11-24(12-14-25)17(3)21(26)23-19-9-5-4-8-18(19)22/h4-10,17H,11-14H2,1-3H3,(H,23,26)/p+1/t17-/m1/s1. The Kier molecular flexibility index (Phi) is 5.57. The van der Waals surface area contributed by atoms with E-state index < -0.39 is 5.82 Å². The van der Waals surface area contributed by atoms with Gasteiger partial charge in [0.1, 0.15) is 5.82 Å². The Bertz CT molecular complexity index is 785. The quantitative estimate of drug-likeness (QED) is 0.881. The second-order valence-corrected chi connectivity index (χ2v) is 7.06. The molecule has 138 valence electrons. The summed E-state index contributed by atoms with van der Waals surface area (Å²) in [5.74, 6) is -0.534. The number of aryl methyl sites for hydroxylation is 1. The van der Waals surface area contributed by atoms with Crippen LogP contribution < -0.4 is 15.1 Å². The third-order valence-electron chi connectivity index (χ3n) is 5.46. The van der Waals surface area contributed by atoms with E-state index in [2.05, 4.69) is 42.3 Å². The van der Waals surface area contributed by atoms with Gasteiger partial charge in [0, 0.05) is 5.69 Å². The van der Waals surface area contributed by atoms with Gasteiger partial charge in [-0.05, 0) is 50.1 Å². The highest BCUT2D eigenvalue weighted by Crippen LogP contribution is 2.22. The lowest BCUT2D eigenvalue weighted by atomic mass is 10.1. The average Bonchev–Trinajstić information content (AvgIpc) is 2.65. The van der Waals surface area contributed by atoms with Gasteiger partial charge in [0.2, 0.25) is 0 Å². The fraction of sp³-hybridized carbons (Fsp3) is 0.381. The molecule has 0 saturated carbocycles. The third-order valence-corrected chi connectivity index (χ3v) is 5.46. The van der Waals surface area contributed by atoms with E-state index in [1.807, 2.05) is 6.92 Å². The Hall–Kier alpha value is -2.40. The van der Waals surface area contributed by atoms with Gasteiger partial charge in [-0.3, -0.25) is 4.79 Å². The highest BCUT2D eigenvalue weighted by molar-refractivity contribution is 5.93. The number of nitrogens with one attached hydrogen (secondary N) is 2. The predicted molar refractivity (Wildman–Crippen MR) is 103 cm³/mol.